The van der Waals surface area contributed by atoms with Gasteiger partial charge in [0.25, 0.3) is 0 Å². The van der Waals surface area contributed by atoms with Crippen LogP contribution in [0.1, 0.15) is 17.0 Å². The average molecular weight is 215 g/mol. The van der Waals surface area contributed by atoms with Crippen LogP contribution in [0.4, 0.5) is 5.69 Å². The van der Waals surface area contributed by atoms with Crippen LogP contribution in [-0.2, 0) is 13.6 Å². The molecule has 0 aliphatic carbocycles. The zero-order valence-electron chi connectivity index (χ0n) is 9.99. The summed E-state index contributed by atoms with van der Waals surface area (Å²) in [6, 6.07) is 10.2. The number of aromatic nitrogens is 2. The molecule has 84 valence electrons. The van der Waals surface area contributed by atoms with Gasteiger partial charge < -0.3 is 5.32 Å². The molecule has 1 N–H and O–H groups in total. The Bertz CT molecular complexity index is 471. The van der Waals surface area contributed by atoms with Gasteiger partial charge in [-0.15, -0.1) is 0 Å². The van der Waals surface area contributed by atoms with Crippen molar-refractivity contribution in [3.05, 3.63) is 47.3 Å². The SMILES string of the molecule is Cc1nn(C)c(C)c1CNc1ccccc1. The summed E-state index contributed by atoms with van der Waals surface area (Å²) in [6.45, 7) is 4.98. The summed E-state index contributed by atoms with van der Waals surface area (Å²) in [5, 5.41) is 7.80. The lowest BCUT2D eigenvalue weighted by Gasteiger charge is -2.06. The van der Waals surface area contributed by atoms with Gasteiger partial charge in [-0.3, -0.25) is 4.68 Å². The van der Waals surface area contributed by atoms with Crippen molar-refractivity contribution in [3.8, 4) is 0 Å². The lowest BCUT2D eigenvalue weighted by atomic mass is 10.2. The Kier molecular flexibility index (Phi) is 2.95. The Morgan fingerprint density at radius 3 is 2.44 bits per heavy atom. The van der Waals surface area contributed by atoms with E-state index < -0.39 is 0 Å². The van der Waals surface area contributed by atoms with Gasteiger partial charge in [-0.25, -0.2) is 0 Å². The number of rotatable bonds is 3. The molecule has 3 heteroatoms. The first-order valence-electron chi connectivity index (χ1n) is 5.46. The highest BCUT2D eigenvalue weighted by atomic mass is 15.3. The van der Waals surface area contributed by atoms with E-state index in [2.05, 4.69) is 36.4 Å². The van der Waals surface area contributed by atoms with Gasteiger partial charge in [-0.1, -0.05) is 18.2 Å². The molecule has 0 unspecified atom stereocenters. The standard InChI is InChI=1S/C13H17N3/c1-10-13(11(2)16(3)15-10)9-14-12-7-5-4-6-8-12/h4-8,14H,9H2,1-3H3. The number of hydrogen-bond donors (Lipinski definition) is 1. The maximum atomic E-state index is 4.40. The first kappa shape index (κ1) is 10.7. The lowest BCUT2D eigenvalue weighted by Crippen LogP contribution is -2.02. The van der Waals surface area contributed by atoms with Crippen molar-refractivity contribution >= 4 is 5.69 Å². The minimum absolute atomic E-state index is 0.829. The van der Waals surface area contributed by atoms with Crippen molar-refractivity contribution in [2.75, 3.05) is 5.32 Å². The lowest BCUT2D eigenvalue weighted by molar-refractivity contribution is 0.730. The molecule has 0 saturated carbocycles. The molecule has 16 heavy (non-hydrogen) atoms. The van der Waals surface area contributed by atoms with E-state index in [-0.39, 0.29) is 0 Å². The van der Waals surface area contributed by atoms with E-state index >= 15 is 0 Å². The van der Waals surface area contributed by atoms with Crippen LogP contribution >= 0.6 is 0 Å². The Morgan fingerprint density at radius 1 is 1.19 bits per heavy atom. The van der Waals surface area contributed by atoms with Crippen molar-refractivity contribution in [1.29, 1.82) is 0 Å². The first-order chi connectivity index (χ1) is 7.68. The Labute approximate surface area is 96.1 Å². The molecule has 0 bridgehead atoms. The molecular formula is C13H17N3. The molecule has 0 spiro atoms. The third-order valence-electron chi connectivity index (χ3n) is 2.90. The molecule has 0 aliphatic heterocycles. The minimum Gasteiger partial charge on any atom is -0.381 e. The van der Waals surface area contributed by atoms with E-state index in [1.54, 1.807) is 0 Å². The zero-order chi connectivity index (χ0) is 11.5. The predicted molar refractivity (Wildman–Crippen MR) is 66.5 cm³/mol. The Morgan fingerprint density at radius 2 is 1.88 bits per heavy atom. The molecule has 0 atom stereocenters. The number of anilines is 1. The molecule has 0 radical (unpaired) electrons. The van der Waals surface area contributed by atoms with E-state index in [0.29, 0.717) is 0 Å². The van der Waals surface area contributed by atoms with Crippen molar-refractivity contribution in [2.45, 2.75) is 20.4 Å². The van der Waals surface area contributed by atoms with E-state index in [4.69, 9.17) is 0 Å². The summed E-state index contributed by atoms with van der Waals surface area (Å²) in [6.07, 6.45) is 0. The number of hydrogen-bond acceptors (Lipinski definition) is 2. The fraction of sp³-hybridized carbons (Fsp3) is 0.308. The Hall–Kier alpha value is -1.77. The van der Waals surface area contributed by atoms with Crippen molar-refractivity contribution < 1.29 is 0 Å². The van der Waals surface area contributed by atoms with E-state index in [1.165, 1.54) is 11.3 Å². The topological polar surface area (TPSA) is 29.9 Å². The molecule has 2 rings (SSSR count). The highest BCUT2D eigenvalue weighted by Crippen LogP contribution is 2.14. The van der Waals surface area contributed by atoms with Gasteiger partial charge in [0.2, 0.25) is 0 Å². The molecule has 0 saturated heterocycles. The van der Waals surface area contributed by atoms with Crippen LogP contribution < -0.4 is 5.32 Å². The highest BCUT2D eigenvalue weighted by molar-refractivity contribution is 5.43. The van der Waals surface area contributed by atoms with Crippen molar-refractivity contribution in [2.24, 2.45) is 7.05 Å². The van der Waals surface area contributed by atoms with Gasteiger partial charge in [0.05, 0.1) is 5.69 Å². The fourth-order valence-electron chi connectivity index (χ4n) is 1.82. The molecule has 0 fully saturated rings. The van der Waals surface area contributed by atoms with Crippen LogP contribution in [-0.4, -0.2) is 9.78 Å². The monoisotopic (exact) mass is 215 g/mol. The third kappa shape index (κ3) is 2.08. The molecule has 0 aliphatic rings. The van der Waals surface area contributed by atoms with Crippen LogP contribution in [0.5, 0.6) is 0 Å². The maximum Gasteiger partial charge on any atom is 0.0646 e. The zero-order valence-corrected chi connectivity index (χ0v) is 9.99. The largest absolute Gasteiger partial charge is 0.381 e. The van der Waals surface area contributed by atoms with Crippen molar-refractivity contribution in [3.63, 3.8) is 0 Å². The third-order valence-corrected chi connectivity index (χ3v) is 2.90. The summed E-state index contributed by atoms with van der Waals surface area (Å²) < 4.78 is 1.93. The summed E-state index contributed by atoms with van der Waals surface area (Å²) in [5.74, 6) is 0. The summed E-state index contributed by atoms with van der Waals surface area (Å²) >= 11 is 0. The normalized spacial score (nSPS) is 10.4. The van der Waals surface area contributed by atoms with Gasteiger partial charge in [-0.05, 0) is 26.0 Å². The number of nitrogens with zero attached hydrogens (tertiary/aromatic N) is 2. The van der Waals surface area contributed by atoms with Crippen molar-refractivity contribution in [1.82, 2.24) is 9.78 Å². The number of benzene rings is 1. The predicted octanol–water partition coefficient (Wildman–Crippen LogP) is 2.65. The number of para-hydroxylation sites is 1. The molecule has 1 aromatic heterocycles. The van der Waals surface area contributed by atoms with Crippen LogP contribution in [0.15, 0.2) is 30.3 Å². The first-order valence-corrected chi connectivity index (χ1v) is 5.46. The molecule has 0 amide bonds. The van der Waals surface area contributed by atoms with Crippen LogP contribution in [0.2, 0.25) is 0 Å². The molecule has 1 heterocycles. The molecule has 1 aromatic carbocycles. The quantitative estimate of drug-likeness (QED) is 0.853. The number of nitrogens with one attached hydrogen (secondary N) is 1. The second-order valence-electron chi connectivity index (χ2n) is 3.99. The van der Waals surface area contributed by atoms with Crippen LogP contribution in [0, 0.1) is 13.8 Å². The van der Waals surface area contributed by atoms with Crippen LogP contribution in [0.25, 0.3) is 0 Å². The van der Waals surface area contributed by atoms with Gasteiger partial charge in [0.1, 0.15) is 0 Å². The summed E-state index contributed by atoms with van der Waals surface area (Å²) in [4.78, 5) is 0. The molecular weight excluding hydrogens is 198 g/mol. The maximum absolute atomic E-state index is 4.40. The second kappa shape index (κ2) is 4.39. The summed E-state index contributed by atoms with van der Waals surface area (Å²) in [7, 11) is 1.98. The smallest absolute Gasteiger partial charge is 0.0646 e. The van der Waals surface area contributed by atoms with E-state index in [0.717, 1.165) is 17.9 Å². The van der Waals surface area contributed by atoms with E-state index in [9.17, 15) is 0 Å². The van der Waals surface area contributed by atoms with E-state index in [1.807, 2.05) is 29.9 Å². The average Bonchev–Trinajstić information content (AvgIpc) is 2.53. The molecule has 2 aromatic rings. The van der Waals surface area contributed by atoms with Gasteiger partial charge in [-0.2, -0.15) is 5.10 Å². The fourth-order valence-corrected chi connectivity index (χ4v) is 1.82. The van der Waals surface area contributed by atoms with Gasteiger partial charge in [0, 0.05) is 30.5 Å². The molecule has 3 nitrogen and oxygen atoms in total. The van der Waals surface area contributed by atoms with Gasteiger partial charge >= 0.3 is 0 Å². The summed E-state index contributed by atoms with van der Waals surface area (Å²) in [5.41, 5.74) is 4.75. The van der Waals surface area contributed by atoms with Gasteiger partial charge in [0.15, 0.2) is 0 Å². The Balaban J connectivity index is 2.11. The number of aryl methyl sites for hydroxylation is 2. The highest BCUT2D eigenvalue weighted by Gasteiger charge is 2.08. The second-order valence-corrected chi connectivity index (χ2v) is 3.99. The van der Waals surface area contributed by atoms with Crippen LogP contribution in [0.3, 0.4) is 0 Å². The minimum atomic E-state index is 0.829.